The van der Waals surface area contributed by atoms with Gasteiger partial charge in [-0.3, -0.25) is 9.59 Å². The van der Waals surface area contributed by atoms with E-state index < -0.39 is 0 Å². The Morgan fingerprint density at radius 1 is 1.16 bits per heavy atom. The third-order valence-corrected chi connectivity index (χ3v) is 3.81. The van der Waals surface area contributed by atoms with Crippen molar-refractivity contribution in [3.63, 3.8) is 0 Å². The van der Waals surface area contributed by atoms with E-state index in [0.717, 1.165) is 0 Å². The molecule has 128 valence electrons. The van der Waals surface area contributed by atoms with Crippen LogP contribution in [0.3, 0.4) is 0 Å². The molecule has 0 unspecified atom stereocenters. The molecule has 7 heteroatoms. The number of carbonyl (C=O) groups excluding carboxylic acids is 2. The zero-order valence-electron chi connectivity index (χ0n) is 13.4. The molecule has 0 saturated heterocycles. The van der Waals surface area contributed by atoms with Crippen LogP contribution in [-0.2, 0) is 9.59 Å². The molecule has 2 aromatic carbocycles. The Morgan fingerprint density at radius 2 is 1.84 bits per heavy atom. The maximum atomic E-state index is 12.1. The lowest BCUT2D eigenvalue weighted by Crippen LogP contribution is -2.32. The minimum Gasteiger partial charge on any atom is -0.326 e. The van der Waals surface area contributed by atoms with Crippen LogP contribution >= 0.6 is 23.2 Å². The van der Waals surface area contributed by atoms with E-state index in [1.54, 1.807) is 42.5 Å². The number of carbonyl (C=O) groups is 2. The number of halogens is 2. The third kappa shape index (κ3) is 5.49. The summed E-state index contributed by atoms with van der Waals surface area (Å²) in [4.78, 5) is 25.5. The first kappa shape index (κ1) is 18.8. The van der Waals surface area contributed by atoms with Gasteiger partial charge < -0.3 is 10.2 Å². The van der Waals surface area contributed by atoms with Crippen LogP contribution < -0.4 is 10.2 Å². The van der Waals surface area contributed by atoms with Crippen LogP contribution in [0.1, 0.15) is 18.9 Å². The van der Waals surface area contributed by atoms with Crippen LogP contribution in [0.15, 0.2) is 42.5 Å². The zero-order chi connectivity index (χ0) is 18.4. The topological polar surface area (TPSA) is 73.2 Å². The average Bonchev–Trinajstić information content (AvgIpc) is 2.54. The molecule has 2 aromatic rings. The summed E-state index contributed by atoms with van der Waals surface area (Å²) >= 11 is 11.8. The number of anilines is 2. The van der Waals surface area contributed by atoms with Gasteiger partial charge in [-0.05, 0) is 36.4 Å². The number of hydrogen-bond donors (Lipinski definition) is 1. The van der Waals surface area contributed by atoms with E-state index >= 15 is 0 Å². The molecule has 5 nitrogen and oxygen atoms in total. The molecule has 2 amide bonds. The first-order chi connectivity index (χ1) is 11.9. The minimum atomic E-state index is -0.277. The maximum absolute atomic E-state index is 12.1. The lowest BCUT2D eigenvalue weighted by molar-refractivity contribution is -0.117. The van der Waals surface area contributed by atoms with Gasteiger partial charge in [-0.15, -0.1) is 0 Å². The molecule has 0 aliphatic heterocycles. The van der Waals surface area contributed by atoms with Crippen LogP contribution in [0.5, 0.6) is 0 Å². The molecule has 0 bridgehead atoms. The van der Waals surface area contributed by atoms with E-state index in [-0.39, 0.29) is 24.8 Å². The van der Waals surface area contributed by atoms with Crippen LogP contribution in [0.2, 0.25) is 10.0 Å². The van der Waals surface area contributed by atoms with Gasteiger partial charge in [-0.25, -0.2) is 0 Å². The summed E-state index contributed by atoms with van der Waals surface area (Å²) in [6, 6.07) is 13.4. The molecule has 2 rings (SSSR count). The van der Waals surface area contributed by atoms with Crippen molar-refractivity contribution in [2.45, 2.75) is 13.3 Å². The molecule has 1 N–H and O–H groups in total. The molecular formula is C18H15Cl2N3O2. The minimum absolute atomic E-state index is 0.0838. The van der Waals surface area contributed by atoms with E-state index in [0.29, 0.717) is 27.0 Å². The molecule has 0 aromatic heterocycles. The lowest BCUT2D eigenvalue weighted by atomic mass is 10.2. The molecule has 0 aliphatic rings. The van der Waals surface area contributed by atoms with Crippen LogP contribution in [0.4, 0.5) is 11.4 Å². The van der Waals surface area contributed by atoms with Gasteiger partial charge in [0.2, 0.25) is 11.8 Å². The molecule has 0 fully saturated rings. The Labute approximate surface area is 155 Å². The van der Waals surface area contributed by atoms with Crippen molar-refractivity contribution in [1.82, 2.24) is 0 Å². The standard InChI is InChI=1S/C18H15Cl2N3O2/c1-12(24)23(17-4-2-3-13(7-17)11-21)6-5-18(25)22-16-9-14(19)8-15(20)10-16/h2-4,7-10H,5-6H2,1H3,(H,22,25). The molecule has 0 spiro atoms. The highest BCUT2D eigenvalue weighted by Crippen LogP contribution is 2.23. The number of nitrogens with one attached hydrogen (secondary N) is 1. The second-order valence-corrected chi connectivity index (χ2v) is 6.16. The summed E-state index contributed by atoms with van der Waals surface area (Å²) in [6.07, 6.45) is 0.0838. The number of amides is 2. The SMILES string of the molecule is CC(=O)N(CCC(=O)Nc1cc(Cl)cc(Cl)c1)c1cccc(C#N)c1. The number of nitrogens with zero attached hydrogens (tertiary/aromatic N) is 2. The molecule has 0 radical (unpaired) electrons. The van der Waals surface area contributed by atoms with Gasteiger partial charge in [0.25, 0.3) is 0 Å². The predicted molar refractivity (Wildman–Crippen MR) is 98.9 cm³/mol. The van der Waals surface area contributed by atoms with Crippen molar-refractivity contribution in [3.8, 4) is 6.07 Å². The summed E-state index contributed by atoms with van der Waals surface area (Å²) < 4.78 is 0. The molecule has 0 aliphatic carbocycles. The first-order valence-electron chi connectivity index (χ1n) is 7.43. The zero-order valence-corrected chi connectivity index (χ0v) is 14.9. The quantitative estimate of drug-likeness (QED) is 0.848. The van der Waals surface area contributed by atoms with Gasteiger partial charge in [-0.2, -0.15) is 5.26 Å². The predicted octanol–water partition coefficient (Wildman–Crippen LogP) is 4.25. The van der Waals surface area contributed by atoms with Crippen LogP contribution in [0, 0.1) is 11.3 Å². The van der Waals surface area contributed by atoms with E-state index in [4.69, 9.17) is 28.5 Å². The van der Waals surface area contributed by atoms with E-state index in [1.807, 2.05) is 6.07 Å². The van der Waals surface area contributed by atoms with Crippen molar-refractivity contribution < 1.29 is 9.59 Å². The van der Waals surface area contributed by atoms with Gasteiger partial charge >= 0.3 is 0 Å². The first-order valence-corrected chi connectivity index (χ1v) is 8.19. The second kappa shape index (κ2) is 8.52. The van der Waals surface area contributed by atoms with E-state index in [2.05, 4.69) is 5.32 Å². The molecule has 0 heterocycles. The molecule has 0 atom stereocenters. The number of benzene rings is 2. The Balaban J connectivity index is 2.04. The van der Waals surface area contributed by atoms with Gasteiger partial charge in [0.1, 0.15) is 0 Å². The maximum Gasteiger partial charge on any atom is 0.226 e. The van der Waals surface area contributed by atoms with Crippen molar-refractivity contribution >= 4 is 46.4 Å². The van der Waals surface area contributed by atoms with Crippen LogP contribution in [-0.4, -0.2) is 18.4 Å². The largest absolute Gasteiger partial charge is 0.326 e. The number of rotatable bonds is 5. The van der Waals surface area contributed by atoms with Crippen molar-refractivity contribution in [1.29, 1.82) is 5.26 Å². The summed E-state index contributed by atoms with van der Waals surface area (Å²) in [5.74, 6) is -0.491. The van der Waals surface area contributed by atoms with E-state index in [1.165, 1.54) is 11.8 Å². The van der Waals surface area contributed by atoms with Crippen molar-refractivity contribution in [2.24, 2.45) is 0 Å². The summed E-state index contributed by atoms with van der Waals surface area (Å²) in [7, 11) is 0. The summed E-state index contributed by atoms with van der Waals surface area (Å²) in [6.45, 7) is 1.60. The van der Waals surface area contributed by atoms with Crippen LogP contribution in [0.25, 0.3) is 0 Å². The summed E-state index contributed by atoms with van der Waals surface area (Å²) in [5, 5.41) is 12.5. The highest BCUT2D eigenvalue weighted by Gasteiger charge is 2.14. The highest BCUT2D eigenvalue weighted by molar-refractivity contribution is 6.35. The number of hydrogen-bond acceptors (Lipinski definition) is 3. The Kier molecular flexibility index (Phi) is 6.40. The fourth-order valence-electron chi connectivity index (χ4n) is 2.27. The fraction of sp³-hybridized carbons (Fsp3) is 0.167. The smallest absolute Gasteiger partial charge is 0.226 e. The normalized spacial score (nSPS) is 10.0. The van der Waals surface area contributed by atoms with E-state index in [9.17, 15) is 9.59 Å². The van der Waals surface area contributed by atoms with Gasteiger partial charge in [0.15, 0.2) is 0 Å². The molecular weight excluding hydrogens is 361 g/mol. The van der Waals surface area contributed by atoms with Gasteiger partial charge in [-0.1, -0.05) is 29.3 Å². The molecule has 0 saturated carbocycles. The van der Waals surface area contributed by atoms with Crippen molar-refractivity contribution in [3.05, 3.63) is 58.1 Å². The monoisotopic (exact) mass is 375 g/mol. The average molecular weight is 376 g/mol. The Bertz CT molecular complexity index is 826. The number of nitriles is 1. The van der Waals surface area contributed by atoms with Gasteiger partial charge in [0.05, 0.1) is 11.6 Å². The van der Waals surface area contributed by atoms with Crippen molar-refractivity contribution in [2.75, 3.05) is 16.8 Å². The Hall–Kier alpha value is -2.55. The third-order valence-electron chi connectivity index (χ3n) is 3.38. The summed E-state index contributed by atoms with van der Waals surface area (Å²) in [5.41, 5.74) is 1.51. The fourth-order valence-corrected chi connectivity index (χ4v) is 2.80. The molecule has 25 heavy (non-hydrogen) atoms. The Morgan fingerprint density at radius 3 is 2.44 bits per heavy atom. The lowest BCUT2D eigenvalue weighted by Gasteiger charge is -2.21. The second-order valence-electron chi connectivity index (χ2n) is 5.29. The highest BCUT2D eigenvalue weighted by atomic mass is 35.5. The van der Waals surface area contributed by atoms with Gasteiger partial charge in [0, 0.05) is 41.3 Å².